The second-order valence-electron chi connectivity index (χ2n) is 0.454. The zero-order valence-corrected chi connectivity index (χ0v) is 4.72. The summed E-state index contributed by atoms with van der Waals surface area (Å²) in [6, 6.07) is 0. The Labute approximate surface area is 41.7 Å². The third-order valence-electron chi connectivity index (χ3n) is 0.167. The minimum atomic E-state index is -0.830. The van der Waals surface area contributed by atoms with Crippen molar-refractivity contribution in [3.05, 3.63) is 0 Å². The highest BCUT2D eigenvalue weighted by molar-refractivity contribution is 6.09. The van der Waals surface area contributed by atoms with Gasteiger partial charge in [-0.3, -0.25) is 0 Å². The lowest BCUT2D eigenvalue weighted by molar-refractivity contribution is 0.160. The first kappa shape index (κ1) is 5.70. The quantitative estimate of drug-likeness (QED) is 0.393. The van der Waals surface area contributed by atoms with Crippen LogP contribution in [0.2, 0.25) is 0 Å². The molecule has 0 fully saturated rings. The van der Waals surface area contributed by atoms with E-state index in [0.29, 0.717) is 0 Å². The number of carbonyl (C=O) groups is 1. The molecule has 0 N–H and O–H groups in total. The van der Waals surface area contributed by atoms with Gasteiger partial charge >= 0.3 is 27.1 Å². The Morgan fingerprint density at radius 1 is 1.33 bits per heavy atom. The molecular weight excluding hydrogens is 116 g/mol. The first-order chi connectivity index (χ1) is 2.81. The van der Waals surface area contributed by atoms with Crippen LogP contribution in [0.15, 0.2) is 0 Å². The minimum absolute atomic E-state index is 0.830. The molecule has 0 amide bonds. The summed E-state index contributed by atoms with van der Waals surface area (Å²) in [5.41, 5.74) is 0. The van der Waals surface area contributed by atoms with Crippen LogP contribution < -0.4 is 0 Å². The van der Waals surface area contributed by atoms with Gasteiger partial charge in [-0.25, -0.2) is 4.79 Å². The summed E-state index contributed by atoms with van der Waals surface area (Å²) in [5.74, 6) is 0. The van der Waals surface area contributed by atoms with Crippen molar-refractivity contribution in [3.63, 3.8) is 0 Å². The Morgan fingerprint density at radius 3 is 1.67 bits per heavy atom. The number of hydrogen-bond donors (Lipinski definition) is 0. The van der Waals surface area contributed by atoms with Crippen LogP contribution in [0.5, 0.6) is 0 Å². The zero-order valence-electron chi connectivity index (χ0n) is 2.72. The lowest BCUT2D eigenvalue weighted by atomic mass is 11.5. The van der Waals surface area contributed by atoms with Gasteiger partial charge in [0.05, 0.1) is 0 Å². The normalized spacial score (nSPS) is 7.00. The summed E-state index contributed by atoms with van der Waals surface area (Å²) < 4.78 is 7.59. The first-order valence-corrected chi connectivity index (χ1v) is 1.84. The molecule has 0 saturated heterocycles. The smallest absolute Gasteiger partial charge is 0.480 e. The van der Waals surface area contributed by atoms with Crippen molar-refractivity contribution in [1.29, 1.82) is 0 Å². The molecule has 0 unspecified atom stereocenters. The average Bonchev–Trinajstić information content (AvgIpc) is 1.65. The molecule has 0 atom stereocenters. The average molecular weight is 116 g/mol. The van der Waals surface area contributed by atoms with Gasteiger partial charge in [-0.1, -0.05) is 0 Å². The molecule has 6 heavy (non-hydrogen) atoms. The molecular formula is CO3Si2. The predicted octanol–water partition coefficient (Wildman–Crippen LogP) is -0.693. The van der Waals surface area contributed by atoms with Crippen LogP contribution in [0.3, 0.4) is 0 Å². The fraction of sp³-hybridized carbons (Fsp3) is 0. The van der Waals surface area contributed by atoms with Gasteiger partial charge in [-0.2, -0.15) is 0 Å². The molecule has 0 spiro atoms. The van der Waals surface area contributed by atoms with Crippen molar-refractivity contribution in [3.8, 4) is 0 Å². The molecule has 0 bridgehead atoms. The monoisotopic (exact) mass is 116 g/mol. The second-order valence-corrected chi connectivity index (χ2v) is 0.862. The highest BCUT2D eigenvalue weighted by Crippen LogP contribution is 1.70. The van der Waals surface area contributed by atoms with Crippen LogP contribution in [0, 0.1) is 0 Å². The molecule has 3 nitrogen and oxygen atoms in total. The fourth-order valence-corrected chi connectivity index (χ4v) is 0.188. The van der Waals surface area contributed by atoms with Crippen LogP contribution >= 0.6 is 0 Å². The summed E-state index contributed by atoms with van der Waals surface area (Å²) in [6.07, 6.45) is -0.830. The molecule has 0 heterocycles. The number of rotatable bonds is 0. The van der Waals surface area contributed by atoms with E-state index in [-0.39, 0.29) is 0 Å². The second kappa shape index (κ2) is 2.92. The van der Waals surface area contributed by atoms with Gasteiger partial charge in [0, 0.05) is 0 Å². The Kier molecular flexibility index (Phi) is 2.77. The molecule has 0 aliphatic rings. The van der Waals surface area contributed by atoms with Crippen LogP contribution in [0.4, 0.5) is 4.79 Å². The van der Waals surface area contributed by atoms with Crippen molar-refractivity contribution >= 4 is 27.1 Å². The van der Waals surface area contributed by atoms with E-state index in [1.807, 2.05) is 0 Å². The van der Waals surface area contributed by atoms with Gasteiger partial charge in [0.1, 0.15) is 0 Å². The molecule has 6 radical (unpaired) electrons. The van der Waals surface area contributed by atoms with Gasteiger partial charge < -0.3 is 8.85 Å². The minimum Gasteiger partial charge on any atom is -0.487 e. The van der Waals surface area contributed by atoms with E-state index in [9.17, 15) is 4.79 Å². The Morgan fingerprint density at radius 2 is 1.67 bits per heavy atom. The van der Waals surface area contributed by atoms with E-state index in [4.69, 9.17) is 0 Å². The topological polar surface area (TPSA) is 35.5 Å². The fourth-order valence-electron chi connectivity index (χ4n) is 0.0208. The van der Waals surface area contributed by atoms with E-state index in [0.717, 1.165) is 0 Å². The van der Waals surface area contributed by atoms with Crippen molar-refractivity contribution in [2.45, 2.75) is 0 Å². The van der Waals surface area contributed by atoms with Crippen LogP contribution in [-0.2, 0) is 8.85 Å². The van der Waals surface area contributed by atoms with E-state index in [1.165, 1.54) is 0 Å². The lowest BCUT2D eigenvalue weighted by Crippen LogP contribution is -2.00. The van der Waals surface area contributed by atoms with Gasteiger partial charge in [0.25, 0.3) is 0 Å². The van der Waals surface area contributed by atoms with Crippen LogP contribution in [0.25, 0.3) is 0 Å². The molecule has 0 saturated carbocycles. The highest BCUT2D eigenvalue weighted by Gasteiger charge is 1.89. The van der Waals surface area contributed by atoms with Crippen molar-refractivity contribution < 1.29 is 13.6 Å². The molecule has 0 aliphatic carbocycles. The summed E-state index contributed by atoms with van der Waals surface area (Å²) >= 11 is 0. The predicted molar refractivity (Wildman–Crippen MR) is 19.1 cm³/mol. The van der Waals surface area contributed by atoms with Crippen molar-refractivity contribution in [1.82, 2.24) is 0 Å². The zero-order chi connectivity index (χ0) is 4.99. The number of carbonyl (C=O) groups excluding carboxylic acids is 1. The van der Waals surface area contributed by atoms with Crippen LogP contribution in [-0.4, -0.2) is 27.1 Å². The molecule has 0 aromatic heterocycles. The summed E-state index contributed by atoms with van der Waals surface area (Å²) in [6.45, 7) is 0. The maximum atomic E-state index is 9.64. The van der Waals surface area contributed by atoms with Gasteiger partial charge in [-0.15, -0.1) is 0 Å². The van der Waals surface area contributed by atoms with E-state index < -0.39 is 6.16 Å². The van der Waals surface area contributed by atoms with Gasteiger partial charge in [0.2, 0.25) is 0 Å². The maximum Gasteiger partial charge on any atom is 0.480 e. The van der Waals surface area contributed by atoms with Crippen molar-refractivity contribution in [2.24, 2.45) is 0 Å². The summed E-state index contributed by atoms with van der Waals surface area (Å²) in [4.78, 5) is 9.64. The van der Waals surface area contributed by atoms with E-state index >= 15 is 0 Å². The summed E-state index contributed by atoms with van der Waals surface area (Å²) in [7, 11) is 4.82. The number of hydrogen-bond acceptors (Lipinski definition) is 3. The molecule has 0 aromatic rings. The van der Waals surface area contributed by atoms with Gasteiger partial charge in [0.15, 0.2) is 0 Å². The maximum absolute atomic E-state index is 9.64. The molecule has 0 aromatic carbocycles. The Hall–Kier alpha value is -0.296. The molecule has 5 heteroatoms. The third-order valence-corrected chi connectivity index (χ3v) is 0.500. The van der Waals surface area contributed by atoms with Gasteiger partial charge in [-0.05, 0) is 0 Å². The van der Waals surface area contributed by atoms with E-state index in [2.05, 4.69) is 29.8 Å². The standard InChI is InChI=1S/CO3Si2/c2-1(3-5)4-6. The third kappa shape index (κ3) is 1.97. The van der Waals surface area contributed by atoms with E-state index in [1.54, 1.807) is 0 Å². The largest absolute Gasteiger partial charge is 0.487 e. The Bertz CT molecular complexity index is 46.8. The SMILES string of the molecule is O=C(O[Si])O[Si]. The first-order valence-electron chi connectivity index (χ1n) is 1.02. The summed E-state index contributed by atoms with van der Waals surface area (Å²) in [5, 5.41) is 0. The molecule has 0 aliphatic heterocycles. The Balaban J connectivity index is 2.99. The molecule has 0 rings (SSSR count). The van der Waals surface area contributed by atoms with Crippen molar-refractivity contribution in [2.75, 3.05) is 0 Å². The molecule has 30 valence electrons. The van der Waals surface area contributed by atoms with Crippen LogP contribution in [0.1, 0.15) is 0 Å². The lowest BCUT2D eigenvalue weighted by Gasteiger charge is -1.89. The highest BCUT2D eigenvalue weighted by atomic mass is 28.2.